The van der Waals surface area contributed by atoms with Crippen molar-refractivity contribution in [2.75, 3.05) is 18.0 Å². The fourth-order valence-electron chi connectivity index (χ4n) is 4.17. The van der Waals surface area contributed by atoms with Gasteiger partial charge in [0.25, 0.3) is 5.56 Å². The summed E-state index contributed by atoms with van der Waals surface area (Å²) < 4.78 is 22.4. The highest BCUT2D eigenvalue weighted by molar-refractivity contribution is 5.91. The van der Waals surface area contributed by atoms with E-state index in [4.69, 9.17) is 4.74 Å². The number of ether oxygens (including phenoxy) is 1. The van der Waals surface area contributed by atoms with Gasteiger partial charge in [-0.15, -0.1) is 0 Å². The molecule has 0 unspecified atom stereocenters. The predicted molar refractivity (Wildman–Crippen MR) is 146 cm³/mol. The van der Waals surface area contributed by atoms with E-state index in [1.165, 1.54) is 54.9 Å². The van der Waals surface area contributed by atoms with Crippen molar-refractivity contribution >= 4 is 29.7 Å². The van der Waals surface area contributed by atoms with Crippen LogP contribution in [0.15, 0.2) is 64.3 Å². The Balaban J connectivity index is 1.36. The van der Waals surface area contributed by atoms with Crippen molar-refractivity contribution in [3.05, 3.63) is 92.5 Å². The van der Waals surface area contributed by atoms with Gasteiger partial charge in [-0.3, -0.25) is 23.9 Å². The zero-order valence-corrected chi connectivity index (χ0v) is 22.1. The van der Waals surface area contributed by atoms with E-state index >= 15 is 4.39 Å². The predicted octanol–water partition coefficient (Wildman–Crippen LogP) is 1.68. The smallest absolute Gasteiger partial charge is 0.414 e. The molecule has 12 heteroatoms. The Hall–Kier alpha value is -5.00. The molecular weight excluding hydrogens is 521 g/mol. The second kappa shape index (κ2) is 11.8. The third-order valence-corrected chi connectivity index (χ3v) is 6.34. The van der Waals surface area contributed by atoms with Crippen molar-refractivity contribution < 1.29 is 23.5 Å². The fraction of sp³-hybridized carbons (Fsp3) is 0.250. The Kier molecular flexibility index (Phi) is 8.27. The van der Waals surface area contributed by atoms with E-state index in [1.807, 2.05) is 0 Å². The van der Waals surface area contributed by atoms with E-state index in [9.17, 15) is 24.0 Å². The molecule has 0 aliphatic carbocycles. The van der Waals surface area contributed by atoms with Crippen LogP contribution in [0, 0.1) is 5.82 Å². The van der Waals surface area contributed by atoms with Gasteiger partial charge in [-0.25, -0.2) is 14.0 Å². The number of amides is 3. The third kappa shape index (κ3) is 6.34. The first-order valence-corrected chi connectivity index (χ1v) is 12.4. The van der Waals surface area contributed by atoms with E-state index in [0.29, 0.717) is 16.8 Å². The number of rotatable bonds is 8. The van der Waals surface area contributed by atoms with Crippen molar-refractivity contribution in [1.29, 1.82) is 0 Å². The number of hydrogen-bond donors (Lipinski definition) is 2. The van der Waals surface area contributed by atoms with Gasteiger partial charge in [-0.1, -0.05) is 24.3 Å². The summed E-state index contributed by atoms with van der Waals surface area (Å²) in [6.07, 6.45) is 2.78. The van der Waals surface area contributed by atoms with E-state index in [2.05, 4.69) is 10.6 Å². The molecule has 0 radical (unpaired) electrons. The summed E-state index contributed by atoms with van der Waals surface area (Å²) in [5.41, 5.74) is 1.29. The van der Waals surface area contributed by atoms with Crippen molar-refractivity contribution in [2.45, 2.75) is 19.6 Å². The average molecular weight is 550 g/mol. The van der Waals surface area contributed by atoms with Crippen LogP contribution >= 0.6 is 0 Å². The highest BCUT2D eigenvalue weighted by Gasteiger charge is 2.32. The Morgan fingerprint density at radius 1 is 1.07 bits per heavy atom. The van der Waals surface area contributed by atoms with Crippen LogP contribution in [0.3, 0.4) is 0 Å². The minimum Gasteiger partial charge on any atom is -0.442 e. The van der Waals surface area contributed by atoms with E-state index in [-0.39, 0.29) is 31.1 Å². The Morgan fingerprint density at radius 3 is 2.48 bits per heavy atom. The van der Waals surface area contributed by atoms with E-state index in [0.717, 1.165) is 10.1 Å². The number of anilines is 1. The van der Waals surface area contributed by atoms with Gasteiger partial charge >= 0.3 is 11.8 Å². The molecule has 1 aliphatic rings. The number of nitrogens with one attached hydrogen (secondary N) is 2. The number of aromatic nitrogens is 2. The van der Waals surface area contributed by atoms with Gasteiger partial charge in [0.15, 0.2) is 0 Å². The Morgan fingerprint density at radius 2 is 1.80 bits per heavy atom. The van der Waals surface area contributed by atoms with Crippen LogP contribution in [0.5, 0.6) is 0 Å². The molecule has 3 aromatic rings. The number of cyclic esters (lactones) is 1. The first-order valence-electron chi connectivity index (χ1n) is 12.4. The maximum Gasteiger partial charge on any atom is 0.414 e. The number of carbonyl (C=O) groups excluding carboxylic acids is 3. The molecular formula is C28H28FN5O6. The molecule has 1 atom stereocenters. The molecule has 1 fully saturated rings. The lowest BCUT2D eigenvalue weighted by molar-refractivity contribution is -0.119. The lowest BCUT2D eigenvalue weighted by atomic mass is 10.0. The van der Waals surface area contributed by atoms with Crippen molar-refractivity contribution in [1.82, 2.24) is 19.8 Å². The zero-order valence-electron chi connectivity index (χ0n) is 22.1. The number of benzene rings is 2. The number of hydrogen-bond acceptors (Lipinski definition) is 6. The molecule has 40 heavy (non-hydrogen) atoms. The normalized spacial score (nSPS) is 14.8. The molecule has 1 aliphatic heterocycles. The van der Waals surface area contributed by atoms with E-state index in [1.54, 1.807) is 36.4 Å². The molecule has 3 amide bonds. The number of nitrogens with zero attached hydrogens (tertiary/aromatic N) is 3. The standard InChI is InChI=1S/C28H28FN5O6/c1-17(35)30-14-22-16-34(28(39)40-22)21-9-10-23(24(29)12-21)19-6-4-18(5-7-19)13-31-25(36)11-8-20-15-32(2)27(38)33(3)26(20)37/h4-12,15,22H,13-14,16H2,1-3H3,(H,30,35)(H,31,36)/b11-8+/t22-/m0/s1. The maximum atomic E-state index is 15.0. The van der Waals surface area contributed by atoms with Crippen molar-refractivity contribution in [3.8, 4) is 11.1 Å². The summed E-state index contributed by atoms with van der Waals surface area (Å²) in [5.74, 6) is -1.19. The monoisotopic (exact) mass is 549 g/mol. The summed E-state index contributed by atoms with van der Waals surface area (Å²) >= 11 is 0. The molecule has 1 saturated heterocycles. The molecule has 2 N–H and O–H groups in total. The lowest BCUT2D eigenvalue weighted by Gasteiger charge is -2.15. The summed E-state index contributed by atoms with van der Waals surface area (Å²) in [6, 6.07) is 11.4. The van der Waals surface area contributed by atoms with Gasteiger partial charge in [-0.2, -0.15) is 0 Å². The highest BCUT2D eigenvalue weighted by Crippen LogP contribution is 2.29. The SMILES string of the molecule is CC(=O)NC[C@H]1CN(c2ccc(-c3ccc(CNC(=O)/C=C/c4cn(C)c(=O)n(C)c4=O)cc3)c(F)c2)C(=O)O1. The number of aryl methyl sites for hydroxylation is 1. The summed E-state index contributed by atoms with van der Waals surface area (Å²) in [5, 5.41) is 5.31. The summed E-state index contributed by atoms with van der Waals surface area (Å²) in [7, 11) is 2.88. The van der Waals surface area contributed by atoms with Gasteiger partial charge in [0, 0.05) is 45.4 Å². The van der Waals surface area contributed by atoms with Gasteiger partial charge in [-0.05, 0) is 35.4 Å². The molecule has 11 nitrogen and oxygen atoms in total. The fourth-order valence-corrected chi connectivity index (χ4v) is 4.17. The van der Waals surface area contributed by atoms with Crippen LogP contribution in [0.4, 0.5) is 14.9 Å². The molecule has 4 rings (SSSR count). The van der Waals surface area contributed by atoms with Crippen molar-refractivity contribution in [2.24, 2.45) is 14.1 Å². The van der Waals surface area contributed by atoms with Crippen LogP contribution in [-0.2, 0) is 35.0 Å². The van der Waals surface area contributed by atoms with Crippen LogP contribution in [0.25, 0.3) is 17.2 Å². The highest BCUT2D eigenvalue weighted by atomic mass is 19.1. The lowest BCUT2D eigenvalue weighted by Crippen LogP contribution is -2.37. The van der Waals surface area contributed by atoms with Crippen LogP contribution < -0.4 is 26.8 Å². The molecule has 0 bridgehead atoms. The van der Waals surface area contributed by atoms with Crippen LogP contribution in [0.1, 0.15) is 18.1 Å². The molecule has 2 heterocycles. The van der Waals surface area contributed by atoms with Crippen LogP contribution in [-0.4, -0.2) is 46.2 Å². The molecule has 1 aromatic heterocycles. The largest absolute Gasteiger partial charge is 0.442 e. The molecule has 208 valence electrons. The second-order valence-corrected chi connectivity index (χ2v) is 9.31. The number of carbonyl (C=O) groups is 3. The average Bonchev–Trinajstić information content (AvgIpc) is 3.31. The zero-order chi connectivity index (χ0) is 29.0. The second-order valence-electron chi connectivity index (χ2n) is 9.31. The molecule has 2 aromatic carbocycles. The third-order valence-electron chi connectivity index (χ3n) is 6.34. The quantitative estimate of drug-likeness (QED) is 0.411. The topological polar surface area (TPSA) is 132 Å². The Labute approximate surface area is 228 Å². The van der Waals surface area contributed by atoms with Gasteiger partial charge in [0.1, 0.15) is 11.9 Å². The maximum absolute atomic E-state index is 15.0. The molecule has 0 saturated carbocycles. The molecule has 0 spiro atoms. The van der Waals surface area contributed by atoms with Gasteiger partial charge in [0.2, 0.25) is 11.8 Å². The first-order chi connectivity index (χ1) is 19.0. The number of halogens is 1. The summed E-state index contributed by atoms with van der Waals surface area (Å²) in [6.45, 7) is 1.94. The minimum atomic E-state index is -0.611. The van der Waals surface area contributed by atoms with E-state index < -0.39 is 35.2 Å². The first kappa shape index (κ1) is 28.0. The summed E-state index contributed by atoms with van der Waals surface area (Å²) in [4.78, 5) is 60.8. The van der Waals surface area contributed by atoms with Gasteiger partial charge in [0.05, 0.1) is 24.3 Å². The Bertz CT molecular complexity index is 1610. The van der Waals surface area contributed by atoms with Crippen molar-refractivity contribution in [3.63, 3.8) is 0 Å². The minimum absolute atomic E-state index is 0.177. The van der Waals surface area contributed by atoms with Gasteiger partial charge < -0.3 is 19.9 Å². The van der Waals surface area contributed by atoms with Crippen LogP contribution in [0.2, 0.25) is 0 Å².